The molecule has 0 saturated heterocycles. The van der Waals surface area contributed by atoms with Crippen LogP contribution in [-0.2, 0) is 0 Å². The van der Waals surface area contributed by atoms with Crippen molar-refractivity contribution in [1.82, 2.24) is 9.13 Å². The lowest BCUT2D eigenvalue weighted by Crippen LogP contribution is -2.46. The van der Waals surface area contributed by atoms with Gasteiger partial charge < -0.3 is 9.13 Å². The molecule has 0 aliphatic carbocycles. The summed E-state index contributed by atoms with van der Waals surface area (Å²) in [5.41, 5.74) is 0. The second-order valence-electron chi connectivity index (χ2n) is 5.48. The highest BCUT2D eigenvalue weighted by Gasteiger charge is 2.32. The van der Waals surface area contributed by atoms with Gasteiger partial charge in [0.25, 0.3) is 0 Å². The van der Waals surface area contributed by atoms with Crippen molar-refractivity contribution in [3.05, 3.63) is 19.1 Å². The topological polar surface area (TPSA) is 6.48 Å². The minimum Gasteiger partial charge on any atom is -0.375 e. The maximum absolute atomic E-state index is 3.45. The summed E-state index contributed by atoms with van der Waals surface area (Å²) in [6.45, 7) is 17.4. The highest BCUT2D eigenvalue weighted by molar-refractivity contribution is 6.75. The first-order valence-electron chi connectivity index (χ1n) is 4.74. The minimum atomic E-state index is -1.23. The van der Waals surface area contributed by atoms with Gasteiger partial charge >= 0.3 is 0 Å². The van der Waals surface area contributed by atoms with Crippen molar-refractivity contribution >= 4 is 16.5 Å². The monoisotopic (exact) mass is 212 g/mol. The zero-order valence-corrected chi connectivity index (χ0v) is 11.5. The molecule has 0 N–H and O–H groups in total. The van der Waals surface area contributed by atoms with Crippen LogP contribution in [0.15, 0.2) is 12.4 Å². The number of hydrogen-bond acceptors (Lipinski definition) is 2. The van der Waals surface area contributed by atoms with Gasteiger partial charge in [0.1, 0.15) is 16.5 Å². The Hall–Kier alpha value is -0.226. The molecule has 1 heterocycles. The van der Waals surface area contributed by atoms with E-state index in [1.54, 1.807) is 0 Å². The molecular formula is C9H20N2Si2. The van der Waals surface area contributed by atoms with E-state index in [1.165, 1.54) is 0 Å². The normalized spacial score (nSPS) is 18.6. The molecule has 0 amide bonds. The predicted molar refractivity (Wildman–Crippen MR) is 62.8 cm³/mol. The van der Waals surface area contributed by atoms with Crippen LogP contribution >= 0.6 is 0 Å². The molecule has 74 valence electrons. The first-order valence-corrected chi connectivity index (χ1v) is 11.6. The van der Waals surface area contributed by atoms with Crippen LogP contribution in [0.5, 0.6) is 0 Å². The van der Waals surface area contributed by atoms with Crippen molar-refractivity contribution in [2.24, 2.45) is 0 Å². The molecule has 4 heteroatoms. The Morgan fingerprint density at radius 2 is 1.08 bits per heavy atom. The quantitative estimate of drug-likeness (QED) is 0.650. The van der Waals surface area contributed by atoms with Crippen LogP contribution in [0.3, 0.4) is 0 Å². The van der Waals surface area contributed by atoms with Gasteiger partial charge in [-0.25, -0.2) is 0 Å². The van der Waals surface area contributed by atoms with Crippen LogP contribution in [0.4, 0.5) is 0 Å². The second-order valence-corrected chi connectivity index (χ2v) is 15.1. The number of rotatable bonds is 2. The molecule has 13 heavy (non-hydrogen) atoms. The van der Waals surface area contributed by atoms with Crippen LogP contribution < -0.4 is 0 Å². The molecular weight excluding hydrogens is 192 g/mol. The molecule has 2 nitrogen and oxygen atoms in total. The molecule has 0 fully saturated rings. The van der Waals surface area contributed by atoms with Gasteiger partial charge in [-0.2, -0.15) is 0 Å². The Morgan fingerprint density at radius 1 is 0.769 bits per heavy atom. The molecule has 0 atom stereocenters. The van der Waals surface area contributed by atoms with Gasteiger partial charge in [0, 0.05) is 12.4 Å². The fourth-order valence-electron chi connectivity index (χ4n) is 1.06. The van der Waals surface area contributed by atoms with Crippen molar-refractivity contribution in [1.29, 1.82) is 0 Å². The summed E-state index contributed by atoms with van der Waals surface area (Å²) in [7, 11) is -2.46. The first kappa shape index (κ1) is 10.9. The fraction of sp³-hybridized carbons (Fsp3) is 0.667. The van der Waals surface area contributed by atoms with Gasteiger partial charge in [0.2, 0.25) is 0 Å². The van der Waals surface area contributed by atoms with Crippen molar-refractivity contribution < 1.29 is 0 Å². The smallest absolute Gasteiger partial charge is 0.189 e. The van der Waals surface area contributed by atoms with Crippen LogP contribution in [0.2, 0.25) is 39.3 Å². The van der Waals surface area contributed by atoms with E-state index in [4.69, 9.17) is 0 Å². The molecule has 0 aromatic heterocycles. The Kier molecular flexibility index (Phi) is 2.64. The second kappa shape index (κ2) is 3.17. The average Bonchev–Trinajstić information content (AvgIpc) is 2.28. The third-order valence-electron chi connectivity index (χ3n) is 2.03. The van der Waals surface area contributed by atoms with E-state index in [-0.39, 0.29) is 0 Å². The summed E-state index contributed by atoms with van der Waals surface area (Å²) in [6, 6.07) is 0. The maximum Gasteiger partial charge on any atom is 0.189 e. The van der Waals surface area contributed by atoms with Gasteiger partial charge in [-0.3, -0.25) is 0 Å². The van der Waals surface area contributed by atoms with Gasteiger partial charge in [0.05, 0.1) is 0 Å². The molecule has 0 aromatic rings. The fourth-order valence-corrected chi connectivity index (χ4v) is 3.01. The van der Waals surface area contributed by atoms with Crippen LogP contribution in [-0.4, -0.2) is 25.6 Å². The molecule has 1 rings (SSSR count). The molecule has 1 aliphatic rings. The number of nitrogens with zero attached hydrogens (tertiary/aromatic N) is 2. The molecule has 0 saturated carbocycles. The van der Waals surface area contributed by atoms with E-state index in [0.717, 1.165) is 0 Å². The summed E-state index contributed by atoms with van der Waals surface area (Å²) in [6.07, 6.45) is 4.34. The lowest BCUT2D eigenvalue weighted by molar-refractivity contribution is 0.559. The van der Waals surface area contributed by atoms with Crippen molar-refractivity contribution in [3.8, 4) is 0 Å². The lowest BCUT2D eigenvalue weighted by Gasteiger charge is -2.34. The zero-order valence-electron chi connectivity index (χ0n) is 9.55. The SMILES string of the molecule is C[Si](C)(C)N1[C]N([Si](C)(C)C)C=C1. The van der Waals surface area contributed by atoms with Gasteiger partial charge in [-0.1, -0.05) is 39.3 Å². The summed E-state index contributed by atoms with van der Waals surface area (Å²) in [5, 5.41) is 0. The Morgan fingerprint density at radius 3 is 1.23 bits per heavy atom. The number of hydrogen-bond donors (Lipinski definition) is 0. The lowest BCUT2D eigenvalue weighted by atomic mass is 11.0. The zero-order chi connectivity index (χ0) is 10.3. The Labute approximate surface area is 84.4 Å². The van der Waals surface area contributed by atoms with E-state index in [9.17, 15) is 0 Å². The average molecular weight is 212 g/mol. The van der Waals surface area contributed by atoms with Crippen molar-refractivity contribution in [2.75, 3.05) is 0 Å². The van der Waals surface area contributed by atoms with Crippen molar-refractivity contribution in [2.45, 2.75) is 39.3 Å². The molecule has 0 aromatic carbocycles. The van der Waals surface area contributed by atoms with Gasteiger partial charge in [-0.05, 0) is 0 Å². The van der Waals surface area contributed by atoms with E-state index >= 15 is 0 Å². The Balaban J connectivity index is 2.63. The van der Waals surface area contributed by atoms with Crippen molar-refractivity contribution in [3.63, 3.8) is 0 Å². The highest BCUT2D eigenvalue weighted by atomic mass is 28.3. The summed E-state index contributed by atoms with van der Waals surface area (Å²) in [5.74, 6) is 0. The van der Waals surface area contributed by atoms with Gasteiger partial charge in [0.15, 0.2) is 6.67 Å². The summed E-state index contributed by atoms with van der Waals surface area (Å²) in [4.78, 5) is 0. The standard InChI is InChI=1S/C9H20N2Si2/c1-12(2,3)10-7-8-11(9-10)13(4,5)6/h7-8H,1-6H3. The largest absolute Gasteiger partial charge is 0.375 e. The van der Waals surface area contributed by atoms with Gasteiger partial charge in [-0.15, -0.1) is 0 Å². The van der Waals surface area contributed by atoms with Crippen LogP contribution in [0.1, 0.15) is 0 Å². The minimum absolute atomic E-state index is 1.23. The highest BCUT2D eigenvalue weighted by Crippen LogP contribution is 2.24. The van der Waals surface area contributed by atoms with E-state index < -0.39 is 16.5 Å². The third-order valence-corrected chi connectivity index (χ3v) is 5.41. The molecule has 0 bridgehead atoms. The molecule has 0 unspecified atom stereocenters. The van der Waals surface area contributed by atoms with E-state index in [0.29, 0.717) is 0 Å². The van der Waals surface area contributed by atoms with Crippen LogP contribution in [0, 0.1) is 6.67 Å². The third kappa shape index (κ3) is 2.61. The predicted octanol–water partition coefficient (Wildman–Crippen LogP) is 2.74. The summed E-state index contributed by atoms with van der Waals surface area (Å²) < 4.78 is 4.57. The first-order chi connectivity index (χ1) is 5.71. The van der Waals surface area contributed by atoms with Crippen LogP contribution in [0.25, 0.3) is 0 Å². The Bertz CT molecular complexity index is 191. The molecule has 1 aliphatic heterocycles. The van der Waals surface area contributed by atoms with E-state index in [1.807, 2.05) is 0 Å². The summed E-state index contributed by atoms with van der Waals surface area (Å²) >= 11 is 0. The molecule has 0 spiro atoms. The maximum atomic E-state index is 3.45. The molecule has 2 radical (unpaired) electrons. The van der Waals surface area contributed by atoms with E-state index in [2.05, 4.69) is 67.5 Å².